The zero-order chi connectivity index (χ0) is 21.7. The molecule has 0 spiro atoms. The van der Waals surface area contributed by atoms with Crippen LogP contribution in [0.3, 0.4) is 0 Å². The van der Waals surface area contributed by atoms with Crippen molar-refractivity contribution in [1.82, 2.24) is 4.90 Å². The van der Waals surface area contributed by atoms with E-state index in [0.717, 1.165) is 31.5 Å². The molecule has 0 aromatic heterocycles. The first-order valence-electron chi connectivity index (χ1n) is 10.4. The molecule has 1 aliphatic heterocycles. The summed E-state index contributed by atoms with van der Waals surface area (Å²) in [7, 11) is -3.65. The van der Waals surface area contributed by atoms with Crippen molar-refractivity contribution in [3.8, 4) is 5.75 Å². The lowest BCUT2D eigenvalue weighted by Crippen LogP contribution is -2.40. The Kier molecular flexibility index (Phi) is 7.02. The van der Waals surface area contributed by atoms with Crippen molar-refractivity contribution in [3.63, 3.8) is 0 Å². The largest absolute Gasteiger partial charge is 0.484 e. The van der Waals surface area contributed by atoms with Crippen molar-refractivity contribution >= 4 is 21.6 Å². The Balaban J connectivity index is 1.65. The number of aryl methyl sites for hydroxylation is 1. The third-order valence-corrected chi connectivity index (χ3v) is 7.44. The van der Waals surface area contributed by atoms with E-state index in [9.17, 15) is 13.2 Å². The Labute approximate surface area is 179 Å². The number of likely N-dealkylation sites (tertiary alicyclic amines) is 1. The van der Waals surface area contributed by atoms with Gasteiger partial charge < -0.3 is 9.64 Å². The van der Waals surface area contributed by atoms with Crippen molar-refractivity contribution in [2.24, 2.45) is 5.92 Å². The summed E-state index contributed by atoms with van der Waals surface area (Å²) in [6, 6.07) is 13.6. The number of amides is 1. The van der Waals surface area contributed by atoms with Gasteiger partial charge in [0.2, 0.25) is 0 Å². The zero-order valence-electron chi connectivity index (χ0n) is 17.9. The fourth-order valence-corrected chi connectivity index (χ4v) is 5.01. The molecule has 1 saturated heterocycles. The highest BCUT2D eigenvalue weighted by Gasteiger charge is 2.24. The second-order valence-corrected chi connectivity index (χ2v) is 9.69. The Hall–Kier alpha value is -2.54. The van der Waals surface area contributed by atoms with Gasteiger partial charge in [-0.1, -0.05) is 24.6 Å². The van der Waals surface area contributed by atoms with Crippen LogP contribution in [0.4, 0.5) is 5.69 Å². The molecule has 2 aromatic rings. The van der Waals surface area contributed by atoms with Gasteiger partial charge in [-0.3, -0.25) is 9.10 Å². The molecular weight excluding hydrogens is 400 g/mol. The lowest BCUT2D eigenvalue weighted by atomic mass is 9.99. The maximum Gasteiger partial charge on any atom is 0.264 e. The summed E-state index contributed by atoms with van der Waals surface area (Å²) in [4.78, 5) is 14.4. The standard InChI is InChI=1S/C23H30N2O4S/c1-4-25(30(27,28)22-11-5-18(2)6-12-22)20-7-9-21(10-8-20)29-17-23(26)24-15-13-19(3)14-16-24/h5-12,19H,4,13-17H2,1-3H3. The average Bonchev–Trinajstić information content (AvgIpc) is 2.74. The number of hydrogen-bond donors (Lipinski definition) is 0. The fourth-order valence-electron chi connectivity index (χ4n) is 3.53. The van der Waals surface area contributed by atoms with Crippen molar-refractivity contribution in [2.45, 2.75) is 38.5 Å². The first-order chi connectivity index (χ1) is 14.3. The minimum absolute atomic E-state index is 0.00706. The van der Waals surface area contributed by atoms with E-state index < -0.39 is 10.0 Å². The first kappa shape index (κ1) is 22.2. The molecule has 3 rings (SSSR count). The van der Waals surface area contributed by atoms with Crippen LogP contribution in [-0.2, 0) is 14.8 Å². The highest BCUT2D eigenvalue weighted by atomic mass is 32.2. The number of nitrogens with zero attached hydrogens (tertiary/aromatic N) is 2. The van der Waals surface area contributed by atoms with Crippen LogP contribution in [0.1, 0.15) is 32.3 Å². The monoisotopic (exact) mass is 430 g/mol. The Morgan fingerprint density at radius 3 is 2.23 bits per heavy atom. The van der Waals surface area contributed by atoms with E-state index in [2.05, 4.69) is 6.92 Å². The van der Waals surface area contributed by atoms with Crippen molar-refractivity contribution < 1.29 is 17.9 Å². The van der Waals surface area contributed by atoms with E-state index in [4.69, 9.17) is 4.74 Å². The van der Waals surface area contributed by atoms with Crippen LogP contribution in [0.25, 0.3) is 0 Å². The molecule has 2 aromatic carbocycles. The van der Waals surface area contributed by atoms with Crippen LogP contribution in [-0.4, -0.2) is 45.5 Å². The van der Waals surface area contributed by atoms with Gasteiger partial charge in [-0.05, 0) is 69.0 Å². The first-order valence-corrected chi connectivity index (χ1v) is 11.9. The maximum absolute atomic E-state index is 13.0. The fraction of sp³-hybridized carbons (Fsp3) is 0.435. The molecule has 0 unspecified atom stereocenters. The summed E-state index contributed by atoms with van der Waals surface area (Å²) < 4.78 is 33.0. The van der Waals surface area contributed by atoms with Gasteiger partial charge in [0, 0.05) is 19.6 Å². The van der Waals surface area contributed by atoms with Gasteiger partial charge in [-0.15, -0.1) is 0 Å². The van der Waals surface area contributed by atoms with Gasteiger partial charge in [0.15, 0.2) is 6.61 Å². The summed E-state index contributed by atoms with van der Waals surface area (Å²) in [5.41, 5.74) is 1.56. The quantitative estimate of drug-likeness (QED) is 0.669. The lowest BCUT2D eigenvalue weighted by molar-refractivity contribution is -0.134. The highest BCUT2D eigenvalue weighted by Crippen LogP contribution is 2.26. The molecule has 1 fully saturated rings. The van der Waals surface area contributed by atoms with Crippen LogP contribution in [0, 0.1) is 12.8 Å². The SMILES string of the molecule is CCN(c1ccc(OCC(=O)N2CCC(C)CC2)cc1)S(=O)(=O)c1ccc(C)cc1. The van der Waals surface area contributed by atoms with Crippen LogP contribution < -0.4 is 9.04 Å². The van der Waals surface area contributed by atoms with E-state index in [1.54, 1.807) is 55.5 Å². The van der Waals surface area contributed by atoms with Crippen molar-refractivity contribution in [3.05, 3.63) is 54.1 Å². The van der Waals surface area contributed by atoms with Gasteiger partial charge in [-0.25, -0.2) is 8.42 Å². The molecule has 0 radical (unpaired) electrons. The van der Waals surface area contributed by atoms with Gasteiger partial charge >= 0.3 is 0 Å². The van der Waals surface area contributed by atoms with Crippen molar-refractivity contribution in [2.75, 3.05) is 30.5 Å². The second-order valence-electron chi connectivity index (χ2n) is 7.83. The minimum Gasteiger partial charge on any atom is -0.484 e. The topological polar surface area (TPSA) is 66.9 Å². The second kappa shape index (κ2) is 9.51. The molecule has 30 heavy (non-hydrogen) atoms. The predicted molar refractivity (Wildman–Crippen MR) is 118 cm³/mol. The number of ether oxygens (including phenoxy) is 1. The van der Waals surface area contributed by atoms with Crippen LogP contribution in [0.5, 0.6) is 5.75 Å². The van der Waals surface area contributed by atoms with E-state index in [0.29, 0.717) is 23.9 Å². The van der Waals surface area contributed by atoms with E-state index in [1.807, 2.05) is 11.8 Å². The molecule has 1 aliphatic rings. The summed E-state index contributed by atoms with van der Waals surface area (Å²) in [5.74, 6) is 1.20. The number of benzene rings is 2. The number of rotatable bonds is 7. The summed E-state index contributed by atoms with van der Waals surface area (Å²) in [6.45, 7) is 7.79. The van der Waals surface area contributed by atoms with Crippen LogP contribution in [0.2, 0.25) is 0 Å². The third kappa shape index (κ3) is 5.14. The zero-order valence-corrected chi connectivity index (χ0v) is 18.7. The molecule has 0 N–H and O–H groups in total. The molecule has 6 nitrogen and oxygen atoms in total. The molecule has 7 heteroatoms. The molecule has 162 valence electrons. The predicted octanol–water partition coefficient (Wildman–Crippen LogP) is 3.85. The molecule has 0 aliphatic carbocycles. The van der Waals surface area contributed by atoms with Gasteiger partial charge in [0.1, 0.15) is 5.75 Å². The van der Waals surface area contributed by atoms with Crippen LogP contribution in [0.15, 0.2) is 53.4 Å². The smallest absolute Gasteiger partial charge is 0.264 e. The maximum atomic E-state index is 13.0. The molecule has 0 atom stereocenters. The Morgan fingerprint density at radius 1 is 1.07 bits per heavy atom. The number of hydrogen-bond acceptors (Lipinski definition) is 4. The number of carbonyl (C=O) groups excluding carboxylic acids is 1. The van der Waals surface area contributed by atoms with Crippen LogP contribution >= 0.6 is 0 Å². The van der Waals surface area contributed by atoms with Gasteiger partial charge in [0.25, 0.3) is 15.9 Å². The number of sulfonamides is 1. The third-order valence-electron chi connectivity index (χ3n) is 5.52. The minimum atomic E-state index is -3.65. The average molecular weight is 431 g/mol. The molecule has 0 saturated carbocycles. The molecule has 0 bridgehead atoms. The lowest BCUT2D eigenvalue weighted by Gasteiger charge is -2.30. The van der Waals surface area contributed by atoms with E-state index in [-0.39, 0.29) is 17.4 Å². The Bertz CT molecular complexity index is 948. The summed E-state index contributed by atoms with van der Waals surface area (Å²) >= 11 is 0. The molecule has 1 heterocycles. The summed E-state index contributed by atoms with van der Waals surface area (Å²) in [6.07, 6.45) is 2.06. The molecule has 1 amide bonds. The Morgan fingerprint density at radius 2 is 1.67 bits per heavy atom. The van der Waals surface area contributed by atoms with E-state index >= 15 is 0 Å². The van der Waals surface area contributed by atoms with Gasteiger partial charge in [-0.2, -0.15) is 0 Å². The summed E-state index contributed by atoms with van der Waals surface area (Å²) in [5, 5.41) is 0. The van der Waals surface area contributed by atoms with E-state index in [1.165, 1.54) is 4.31 Å². The number of anilines is 1. The van der Waals surface area contributed by atoms with Crippen molar-refractivity contribution in [1.29, 1.82) is 0 Å². The highest BCUT2D eigenvalue weighted by molar-refractivity contribution is 7.92. The number of carbonyl (C=O) groups is 1. The van der Waals surface area contributed by atoms with Gasteiger partial charge in [0.05, 0.1) is 10.6 Å². The number of piperidine rings is 1. The molecular formula is C23H30N2O4S. The normalized spacial score (nSPS) is 15.1.